The minimum Gasteiger partial charge on any atom is -0.140 e. The smallest absolute Gasteiger partial charge is 0.140 e. The molecular formula is C24H28Cl4Si2. The molecule has 0 bridgehead atoms. The van der Waals surface area contributed by atoms with Gasteiger partial charge in [0.25, 0.3) is 6.69 Å². The van der Waals surface area contributed by atoms with E-state index < -0.39 is 10.7 Å². The van der Waals surface area contributed by atoms with Crippen LogP contribution in [-0.4, -0.2) is 16.9 Å². The summed E-state index contributed by atoms with van der Waals surface area (Å²) in [7, 11) is 0.704. The molecule has 0 aromatic heterocycles. The Morgan fingerprint density at radius 3 is 1.73 bits per heavy atom. The summed E-state index contributed by atoms with van der Waals surface area (Å²) < 4.78 is -0.733. The normalized spacial score (nSPS) is 18.8. The Bertz CT molecular complexity index is 1010. The molecule has 0 radical (unpaired) electrons. The van der Waals surface area contributed by atoms with Gasteiger partial charge in [0.05, 0.1) is 10.2 Å². The van der Waals surface area contributed by atoms with Gasteiger partial charge in [0.1, 0.15) is 3.96 Å². The van der Waals surface area contributed by atoms with Crippen molar-refractivity contribution in [3.63, 3.8) is 0 Å². The molecule has 0 saturated carbocycles. The molecule has 0 nitrogen and oxygen atoms in total. The molecule has 0 fully saturated rings. The summed E-state index contributed by atoms with van der Waals surface area (Å²) in [5.74, 6) is 0. The molecule has 6 heteroatoms. The molecule has 0 spiro atoms. The molecule has 4 rings (SSSR count). The monoisotopic (exact) mass is 512 g/mol. The highest BCUT2D eigenvalue weighted by Crippen LogP contribution is 2.49. The number of aryl methyl sites for hydroxylation is 2. The molecule has 2 aliphatic carbocycles. The maximum atomic E-state index is 6.63. The number of benzene rings is 2. The second kappa shape index (κ2) is 7.68. The molecule has 0 N–H and O–H groups in total. The second-order valence-electron chi connectivity index (χ2n) is 9.17. The van der Waals surface area contributed by atoms with Crippen molar-refractivity contribution in [2.24, 2.45) is 0 Å². The molecule has 2 aromatic carbocycles. The number of fused-ring (bicyclic) bond motifs is 2. The van der Waals surface area contributed by atoms with Gasteiger partial charge in [0.15, 0.2) is 0 Å². The van der Waals surface area contributed by atoms with Crippen LogP contribution < -0.4 is 5.19 Å². The van der Waals surface area contributed by atoms with E-state index in [0.717, 1.165) is 31.2 Å². The third-order valence-corrected chi connectivity index (χ3v) is 10.6. The van der Waals surface area contributed by atoms with E-state index in [1.165, 1.54) is 60.8 Å². The summed E-state index contributed by atoms with van der Waals surface area (Å²) in [6, 6.07) is 4.47. The van der Waals surface area contributed by atoms with Crippen LogP contribution in [0, 0.1) is 27.7 Å². The maximum Gasteiger partial charge on any atom is 0.278 e. The quantitative estimate of drug-likeness (QED) is 0.246. The zero-order valence-electron chi connectivity index (χ0n) is 18.5. The fourth-order valence-electron chi connectivity index (χ4n) is 5.70. The van der Waals surface area contributed by atoms with Crippen LogP contribution in [0.25, 0.3) is 11.1 Å². The van der Waals surface area contributed by atoms with Crippen molar-refractivity contribution in [1.29, 1.82) is 0 Å². The predicted molar refractivity (Wildman–Crippen MR) is 142 cm³/mol. The zero-order chi connectivity index (χ0) is 22.2. The fraction of sp³-hybridized carbons (Fsp3) is 0.417. The lowest BCUT2D eigenvalue weighted by Crippen LogP contribution is -2.36. The van der Waals surface area contributed by atoms with E-state index in [1.807, 2.05) is 6.55 Å². The summed E-state index contributed by atoms with van der Waals surface area (Å²) in [6.45, 7) is 8.42. The van der Waals surface area contributed by atoms with Crippen molar-refractivity contribution < 1.29 is 0 Å². The SMILES string of the molecule is Cc1cc(C([SiH3])(Cl)Cl)c(C)c2c1/C(=C1\CCc3c(C)c([Si](C)(Cl)Cl)cc(C)c31)CC2. The van der Waals surface area contributed by atoms with Gasteiger partial charge in [-0.15, -0.1) is 45.4 Å². The second-order valence-corrected chi connectivity index (χ2v) is 21.1. The van der Waals surface area contributed by atoms with Crippen LogP contribution in [0.4, 0.5) is 0 Å². The summed E-state index contributed by atoms with van der Waals surface area (Å²) in [6.07, 6.45) is 4.32. The topological polar surface area (TPSA) is 0 Å². The molecule has 0 unspecified atom stereocenters. The van der Waals surface area contributed by atoms with Crippen LogP contribution in [-0.2, 0) is 16.8 Å². The van der Waals surface area contributed by atoms with Crippen LogP contribution in [0.1, 0.15) is 62.9 Å². The number of halogens is 4. The molecule has 0 heterocycles. The van der Waals surface area contributed by atoms with Crippen LogP contribution in [0.2, 0.25) is 6.55 Å². The summed E-state index contributed by atoms with van der Waals surface area (Å²) in [5.41, 5.74) is 15.1. The van der Waals surface area contributed by atoms with Gasteiger partial charge in [0, 0.05) is 0 Å². The molecule has 2 aromatic rings. The first kappa shape index (κ1) is 22.9. The average molecular weight is 514 g/mol. The fourth-order valence-corrected chi connectivity index (χ4v) is 9.07. The molecule has 0 aliphatic heterocycles. The predicted octanol–water partition coefficient (Wildman–Crippen LogP) is 6.43. The average Bonchev–Trinajstić information content (AvgIpc) is 3.23. The van der Waals surface area contributed by atoms with Gasteiger partial charge in [-0.25, -0.2) is 0 Å². The van der Waals surface area contributed by atoms with Crippen molar-refractivity contribution in [3.05, 3.63) is 62.2 Å². The highest BCUT2D eigenvalue weighted by molar-refractivity contribution is 7.50. The van der Waals surface area contributed by atoms with Gasteiger partial charge in [-0.05, 0) is 126 Å². The van der Waals surface area contributed by atoms with E-state index in [-0.39, 0.29) is 0 Å². The summed E-state index contributed by atoms with van der Waals surface area (Å²) in [5, 5.41) is 1.17. The Morgan fingerprint density at radius 2 is 1.27 bits per heavy atom. The highest BCUT2D eigenvalue weighted by Gasteiger charge is 2.34. The molecule has 0 saturated heterocycles. The molecule has 0 atom stereocenters. The lowest BCUT2D eigenvalue weighted by molar-refractivity contribution is 1.03. The largest absolute Gasteiger partial charge is 0.278 e. The van der Waals surface area contributed by atoms with E-state index in [1.54, 1.807) is 0 Å². The van der Waals surface area contributed by atoms with Crippen LogP contribution in [0.5, 0.6) is 0 Å². The third kappa shape index (κ3) is 3.66. The Morgan fingerprint density at radius 1 is 0.800 bits per heavy atom. The molecule has 30 heavy (non-hydrogen) atoms. The van der Waals surface area contributed by atoms with Gasteiger partial charge >= 0.3 is 0 Å². The van der Waals surface area contributed by atoms with E-state index in [4.69, 9.17) is 45.4 Å². The number of hydrogen-bond acceptors (Lipinski definition) is 0. The van der Waals surface area contributed by atoms with Crippen LogP contribution in [0.3, 0.4) is 0 Å². The van der Waals surface area contributed by atoms with Gasteiger partial charge < -0.3 is 0 Å². The van der Waals surface area contributed by atoms with Gasteiger partial charge in [-0.1, -0.05) is 12.1 Å². The number of hydrogen-bond donors (Lipinski definition) is 0. The number of rotatable bonds is 2. The Labute approximate surface area is 203 Å². The Kier molecular flexibility index (Phi) is 5.87. The molecule has 0 amide bonds. The zero-order valence-corrected chi connectivity index (χ0v) is 24.5. The van der Waals surface area contributed by atoms with Crippen molar-refractivity contribution in [2.45, 2.75) is 63.9 Å². The van der Waals surface area contributed by atoms with Crippen molar-refractivity contribution in [3.8, 4) is 0 Å². The minimum atomic E-state index is -2.40. The lowest BCUT2D eigenvalue weighted by Gasteiger charge is -2.22. The summed E-state index contributed by atoms with van der Waals surface area (Å²) in [4.78, 5) is 0. The van der Waals surface area contributed by atoms with Crippen molar-refractivity contribution >= 4 is 78.6 Å². The van der Waals surface area contributed by atoms with Crippen LogP contribution in [0.15, 0.2) is 12.1 Å². The molecular weight excluding hydrogens is 486 g/mol. The van der Waals surface area contributed by atoms with Crippen molar-refractivity contribution in [2.75, 3.05) is 0 Å². The first-order chi connectivity index (χ1) is 13.8. The number of alkyl halides is 2. The first-order valence-corrected chi connectivity index (χ1v) is 16.9. The third-order valence-electron chi connectivity index (χ3n) is 6.99. The van der Waals surface area contributed by atoms with Crippen LogP contribution >= 0.6 is 45.4 Å². The maximum absolute atomic E-state index is 6.63. The standard InChI is InChI=1S/C24H28Cl4Si2/c1-12-10-20(24(25,26)29)14(3)16-6-8-18(22(12)16)19-9-7-17-15(4)21(30(5,27)28)11-13(2)23(17)19/h10-11H,6-9H2,1-5,29H3/b19-18+. The molecule has 2 aliphatic rings. The van der Waals surface area contributed by atoms with Gasteiger partial charge in [-0.3, -0.25) is 0 Å². The van der Waals surface area contributed by atoms with E-state index in [2.05, 4.69) is 39.8 Å². The summed E-state index contributed by atoms with van der Waals surface area (Å²) >= 11 is 26.4. The Hall–Kier alpha value is -0.226. The highest BCUT2D eigenvalue weighted by atomic mass is 35.7. The van der Waals surface area contributed by atoms with E-state index in [0.29, 0.717) is 10.2 Å². The van der Waals surface area contributed by atoms with Crippen molar-refractivity contribution in [1.82, 2.24) is 0 Å². The van der Waals surface area contributed by atoms with E-state index in [9.17, 15) is 0 Å². The lowest BCUT2D eigenvalue weighted by atomic mass is 9.89. The van der Waals surface area contributed by atoms with E-state index >= 15 is 0 Å². The first-order valence-electron chi connectivity index (χ1n) is 10.6. The van der Waals surface area contributed by atoms with Gasteiger partial charge in [0.2, 0.25) is 0 Å². The Balaban J connectivity index is 1.94. The molecule has 160 valence electrons. The minimum absolute atomic E-state index is 0.704. The number of allylic oxidation sites excluding steroid dienone is 2. The van der Waals surface area contributed by atoms with Gasteiger partial charge in [-0.2, -0.15) is 0 Å².